The number of rotatable bonds is 6. The Labute approximate surface area is 179 Å². The van der Waals surface area contributed by atoms with E-state index in [1.54, 1.807) is 15.9 Å². The first-order valence-electron chi connectivity index (χ1n) is 9.84. The Morgan fingerprint density at radius 2 is 2.07 bits per heavy atom. The highest BCUT2D eigenvalue weighted by Gasteiger charge is 2.30. The van der Waals surface area contributed by atoms with E-state index in [0.717, 1.165) is 24.4 Å². The maximum atomic E-state index is 13.0. The van der Waals surface area contributed by atoms with Crippen molar-refractivity contribution < 1.29 is 4.79 Å². The van der Waals surface area contributed by atoms with Crippen molar-refractivity contribution in [3.63, 3.8) is 0 Å². The number of nitrogens with zero attached hydrogens (tertiary/aromatic N) is 3. The van der Waals surface area contributed by atoms with Crippen LogP contribution in [-0.4, -0.2) is 44.7 Å². The molecule has 2 aromatic heterocycles. The normalized spacial score (nSPS) is 19.2. The summed E-state index contributed by atoms with van der Waals surface area (Å²) in [5, 5.41) is 12.4. The van der Waals surface area contributed by atoms with Gasteiger partial charge in [-0.1, -0.05) is 36.4 Å². The lowest BCUT2D eigenvalue weighted by atomic mass is 10.1. The highest BCUT2D eigenvalue weighted by atomic mass is 32.1. The Balaban J connectivity index is 1.42. The van der Waals surface area contributed by atoms with Crippen LogP contribution in [0.5, 0.6) is 0 Å². The van der Waals surface area contributed by atoms with E-state index in [1.807, 2.05) is 30.5 Å². The smallest absolute Gasteiger partial charge is 0.243 e. The molecule has 3 atom stereocenters. The Morgan fingerprint density at radius 1 is 1.28 bits per heavy atom. The number of hydrogen-bond acceptors (Lipinski definition) is 5. The summed E-state index contributed by atoms with van der Waals surface area (Å²) < 4.78 is 2.26. The van der Waals surface area contributed by atoms with Crippen molar-refractivity contribution in [1.82, 2.24) is 25.0 Å². The van der Waals surface area contributed by atoms with Crippen molar-refractivity contribution in [2.24, 2.45) is 0 Å². The Bertz CT molecular complexity index is 1010. The quantitative estimate of drug-likeness (QED) is 0.579. The molecular formula is C21H25N5OS2. The van der Waals surface area contributed by atoms with Gasteiger partial charge in [0.15, 0.2) is 10.6 Å². The molecule has 29 heavy (non-hydrogen) atoms. The van der Waals surface area contributed by atoms with E-state index in [1.165, 1.54) is 5.56 Å². The fourth-order valence-corrected chi connectivity index (χ4v) is 4.88. The van der Waals surface area contributed by atoms with Gasteiger partial charge in [0.05, 0.1) is 4.88 Å². The molecule has 4 rings (SSSR count). The molecule has 2 N–H and O–H groups in total. The predicted molar refractivity (Wildman–Crippen MR) is 118 cm³/mol. The molecule has 1 saturated heterocycles. The third kappa shape index (κ3) is 4.19. The third-order valence-electron chi connectivity index (χ3n) is 5.61. The molecular weight excluding hydrogens is 402 g/mol. The summed E-state index contributed by atoms with van der Waals surface area (Å²) in [6, 6.07) is 14.5. The van der Waals surface area contributed by atoms with Crippen LogP contribution in [0.2, 0.25) is 0 Å². The number of thiophene rings is 1. The molecule has 0 radical (unpaired) electrons. The number of H-pyrrole nitrogens is 1. The molecule has 0 bridgehead atoms. The highest BCUT2D eigenvalue weighted by Crippen LogP contribution is 2.27. The van der Waals surface area contributed by atoms with E-state index in [2.05, 4.69) is 51.6 Å². The summed E-state index contributed by atoms with van der Waals surface area (Å²) in [5.41, 5.74) is 1.30. The van der Waals surface area contributed by atoms with Gasteiger partial charge in [0, 0.05) is 25.2 Å². The third-order valence-corrected chi connectivity index (χ3v) is 6.76. The van der Waals surface area contributed by atoms with Crippen molar-refractivity contribution in [3.8, 4) is 10.7 Å². The van der Waals surface area contributed by atoms with E-state index in [9.17, 15) is 4.79 Å². The molecule has 3 unspecified atom stereocenters. The van der Waals surface area contributed by atoms with Gasteiger partial charge in [0.25, 0.3) is 0 Å². The number of amides is 1. The minimum absolute atomic E-state index is 0.0282. The number of hydrogen-bond donors (Lipinski definition) is 2. The van der Waals surface area contributed by atoms with Gasteiger partial charge < -0.3 is 5.32 Å². The largest absolute Gasteiger partial charge is 0.350 e. The Morgan fingerprint density at radius 3 is 2.79 bits per heavy atom. The summed E-state index contributed by atoms with van der Waals surface area (Å²) in [6.45, 7) is 5.92. The second kappa shape index (κ2) is 8.61. The van der Waals surface area contributed by atoms with Crippen LogP contribution in [0, 0.1) is 4.77 Å². The number of benzene rings is 1. The van der Waals surface area contributed by atoms with Gasteiger partial charge >= 0.3 is 0 Å². The van der Waals surface area contributed by atoms with Crippen molar-refractivity contribution in [2.75, 3.05) is 13.1 Å². The highest BCUT2D eigenvalue weighted by molar-refractivity contribution is 7.71. The van der Waals surface area contributed by atoms with Gasteiger partial charge in [-0.2, -0.15) is 5.10 Å². The number of carbonyl (C=O) groups excluding carboxylic acids is 1. The topological polar surface area (TPSA) is 66.0 Å². The first kappa shape index (κ1) is 20.0. The fraction of sp³-hybridized carbons (Fsp3) is 0.381. The van der Waals surface area contributed by atoms with E-state index in [4.69, 9.17) is 12.2 Å². The van der Waals surface area contributed by atoms with E-state index >= 15 is 0 Å². The molecule has 3 aromatic rings. The predicted octanol–water partition coefficient (Wildman–Crippen LogP) is 4.18. The second-order valence-electron chi connectivity index (χ2n) is 7.45. The molecule has 8 heteroatoms. The van der Waals surface area contributed by atoms with Crippen molar-refractivity contribution in [1.29, 1.82) is 0 Å². The van der Waals surface area contributed by atoms with Gasteiger partial charge in [0.2, 0.25) is 5.91 Å². The number of carbonyl (C=O) groups is 1. The molecule has 0 spiro atoms. The lowest BCUT2D eigenvalue weighted by molar-refractivity contribution is -0.124. The first-order valence-corrected chi connectivity index (χ1v) is 11.1. The molecule has 1 aliphatic rings. The van der Waals surface area contributed by atoms with Crippen molar-refractivity contribution in [3.05, 3.63) is 58.2 Å². The lowest BCUT2D eigenvalue weighted by Crippen LogP contribution is -2.41. The van der Waals surface area contributed by atoms with Crippen molar-refractivity contribution >= 4 is 29.5 Å². The van der Waals surface area contributed by atoms with Crippen LogP contribution in [0.15, 0.2) is 47.8 Å². The Hall–Kier alpha value is -2.29. The molecule has 1 aromatic carbocycles. The van der Waals surface area contributed by atoms with Gasteiger partial charge in [-0.3, -0.25) is 19.4 Å². The summed E-state index contributed by atoms with van der Waals surface area (Å²) in [6.07, 6.45) is 0.949. The fourth-order valence-electron chi connectivity index (χ4n) is 3.88. The number of nitrogens with one attached hydrogen (secondary N) is 2. The van der Waals surface area contributed by atoms with Crippen LogP contribution >= 0.6 is 23.6 Å². The maximum Gasteiger partial charge on any atom is 0.243 e. The van der Waals surface area contributed by atoms with Crippen LogP contribution < -0.4 is 5.32 Å². The Kier molecular flexibility index (Phi) is 5.94. The van der Waals surface area contributed by atoms with E-state index < -0.39 is 6.04 Å². The molecule has 152 valence electrons. The zero-order valence-corrected chi connectivity index (χ0v) is 18.2. The lowest BCUT2D eigenvalue weighted by Gasteiger charge is -2.25. The minimum atomic E-state index is -0.432. The van der Waals surface area contributed by atoms with Gasteiger partial charge in [-0.25, -0.2) is 0 Å². The number of aromatic amines is 1. The zero-order chi connectivity index (χ0) is 20.4. The summed E-state index contributed by atoms with van der Waals surface area (Å²) in [7, 11) is 0. The standard InChI is InChI=1S/C21H25N5OS2/c1-14(16-7-4-3-5-8-16)25-11-10-17(13-25)22-20(27)15(2)26-19(23-24-21(26)28)18-9-6-12-29-18/h3-9,12,14-15,17H,10-11,13H2,1-2H3,(H,22,27)(H,24,28). The van der Waals surface area contributed by atoms with Crippen LogP contribution in [0.25, 0.3) is 10.7 Å². The SMILES string of the molecule is CC(c1ccccc1)N1CCC(NC(=O)C(C)n2c(-c3cccs3)n[nH]c2=S)C1. The monoisotopic (exact) mass is 427 g/mol. The summed E-state index contributed by atoms with van der Waals surface area (Å²) >= 11 is 6.97. The molecule has 1 aliphatic heterocycles. The molecule has 6 nitrogen and oxygen atoms in total. The average molecular weight is 428 g/mol. The molecule has 3 heterocycles. The van der Waals surface area contributed by atoms with Crippen LogP contribution in [0.3, 0.4) is 0 Å². The van der Waals surface area contributed by atoms with Gasteiger partial charge in [-0.15, -0.1) is 11.3 Å². The minimum Gasteiger partial charge on any atom is -0.350 e. The second-order valence-corrected chi connectivity index (χ2v) is 8.79. The van der Waals surface area contributed by atoms with Gasteiger partial charge in [-0.05, 0) is 49.5 Å². The molecule has 1 fully saturated rings. The zero-order valence-electron chi connectivity index (χ0n) is 16.5. The average Bonchev–Trinajstić information content (AvgIpc) is 3.48. The summed E-state index contributed by atoms with van der Waals surface area (Å²) in [5.74, 6) is 0.679. The van der Waals surface area contributed by atoms with E-state index in [0.29, 0.717) is 16.6 Å². The van der Waals surface area contributed by atoms with Crippen molar-refractivity contribution in [2.45, 2.75) is 38.4 Å². The van der Waals surface area contributed by atoms with E-state index in [-0.39, 0.29) is 11.9 Å². The number of likely N-dealkylation sites (tertiary alicyclic amines) is 1. The van der Waals surface area contributed by atoms with Crippen LogP contribution in [0.4, 0.5) is 0 Å². The first-order chi connectivity index (χ1) is 14.0. The molecule has 1 amide bonds. The molecule has 0 aliphatic carbocycles. The van der Waals surface area contributed by atoms with Crippen LogP contribution in [-0.2, 0) is 4.79 Å². The maximum absolute atomic E-state index is 13.0. The summed E-state index contributed by atoms with van der Waals surface area (Å²) in [4.78, 5) is 16.4. The van der Waals surface area contributed by atoms with Crippen LogP contribution in [0.1, 0.15) is 37.9 Å². The van der Waals surface area contributed by atoms with Gasteiger partial charge in [0.1, 0.15) is 6.04 Å². The molecule has 0 saturated carbocycles. The number of aromatic nitrogens is 3.